The zero-order valence-electron chi connectivity index (χ0n) is 12.9. The van der Waals surface area contributed by atoms with Crippen LogP contribution in [0, 0.1) is 5.92 Å². The van der Waals surface area contributed by atoms with Gasteiger partial charge in [-0.05, 0) is 25.7 Å². The van der Waals surface area contributed by atoms with E-state index >= 15 is 0 Å². The molecule has 0 radical (unpaired) electrons. The predicted molar refractivity (Wildman–Crippen MR) is 79.7 cm³/mol. The Kier molecular flexibility index (Phi) is 10.0. The molecule has 3 amide bonds. The second-order valence-electron chi connectivity index (χ2n) is 5.09. The maximum Gasteiger partial charge on any atom is 0.317 e. The number of rotatable bonds is 11. The van der Waals surface area contributed by atoms with Gasteiger partial charge in [0.25, 0.3) is 0 Å². The van der Waals surface area contributed by atoms with Crippen LogP contribution >= 0.6 is 0 Å². The van der Waals surface area contributed by atoms with Gasteiger partial charge in [0.1, 0.15) is 6.54 Å². The van der Waals surface area contributed by atoms with E-state index in [9.17, 15) is 14.4 Å². The van der Waals surface area contributed by atoms with Crippen molar-refractivity contribution in [1.82, 2.24) is 10.2 Å². The summed E-state index contributed by atoms with van der Waals surface area (Å²) < 4.78 is 0. The lowest BCUT2D eigenvalue weighted by molar-refractivity contribution is -0.137. The van der Waals surface area contributed by atoms with Crippen LogP contribution in [-0.4, -0.2) is 47.5 Å². The van der Waals surface area contributed by atoms with Gasteiger partial charge in [0.15, 0.2) is 0 Å². The van der Waals surface area contributed by atoms with Gasteiger partial charge in [0, 0.05) is 19.5 Å². The molecule has 122 valence electrons. The fourth-order valence-electron chi connectivity index (χ4n) is 2.18. The molecule has 1 unspecified atom stereocenters. The molecule has 0 aliphatic carbocycles. The van der Waals surface area contributed by atoms with Crippen LogP contribution in [0.1, 0.15) is 46.0 Å². The first-order valence-corrected chi connectivity index (χ1v) is 7.43. The fraction of sp³-hybridized carbons (Fsp3) is 0.786. The number of carbonyl (C=O) groups excluding carboxylic acids is 2. The number of primary amides is 1. The maximum absolute atomic E-state index is 11.8. The minimum absolute atomic E-state index is 0.0975. The Morgan fingerprint density at radius 3 is 2.33 bits per heavy atom. The Hall–Kier alpha value is -1.79. The van der Waals surface area contributed by atoms with E-state index in [1.54, 1.807) is 6.92 Å². The van der Waals surface area contributed by atoms with Crippen molar-refractivity contribution in [2.45, 2.75) is 46.0 Å². The molecule has 0 bridgehead atoms. The topological polar surface area (TPSA) is 113 Å². The summed E-state index contributed by atoms with van der Waals surface area (Å²) in [6.45, 7) is 4.61. The van der Waals surface area contributed by atoms with Gasteiger partial charge in [0.05, 0.1) is 0 Å². The zero-order chi connectivity index (χ0) is 16.3. The Morgan fingerprint density at radius 2 is 1.86 bits per heavy atom. The molecule has 0 aromatic carbocycles. The van der Waals surface area contributed by atoms with Crippen LogP contribution in [0.3, 0.4) is 0 Å². The number of likely N-dealkylation sites (N-methyl/N-ethyl adjacent to an activating group) is 1. The van der Waals surface area contributed by atoms with Crippen molar-refractivity contribution in [3.63, 3.8) is 0 Å². The molecule has 0 spiro atoms. The van der Waals surface area contributed by atoms with Crippen LogP contribution in [0.5, 0.6) is 0 Å². The van der Waals surface area contributed by atoms with Gasteiger partial charge in [-0.15, -0.1) is 0 Å². The number of nitrogens with one attached hydrogen (secondary N) is 1. The summed E-state index contributed by atoms with van der Waals surface area (Å²) in [5.74, 6) is -1.05. The third-order valence-corrected chi connectivity index (χ3v) is 3.31. The monoisotopic (exact) mass is 301 g/mol. The summed E-state index contributed by atoms with van der Waals surface area (Å²) in [5, 5.41) is 11.5. The van der Waals surface area contributed by atoms with Gasteiger partial charge < -0.3 is 21.1 Å². The second-order valence-corrected chi connectivity index (χ2v) is 5.09. The molecular weight excluding hydrogens is 274 g/mol. The van der Waals surface area contributed by atoms with Crippen molar-refractivity contribution in [2.24, 2.45) is 11.7 Å². The summed E-state index contributed by atoms with van der Waals surface area (Å²) in [7, 11) is 0. The smallest absolute Gasteiger partial charge is 0.317 e. The van der Waals surface area contributed by atoms with Crippen molar-refractivity contribution >= 4 is 17.9 Å². The average molecular weight is 301 g/mol. The minimum Gasteiger partial charge on any atom is -0.481 e. The average Bonchev–Trinajstić information content (AvgIpc) is 2.41. The summed E-state index contributed by atoms with van der Waals surface area (Å²) >= 11 is 0. The van der Waals surface area contributed by atoms with Gasteiger partial charge in [-0.1, -0.05) is 19.8 Å². The Morgan fingerprint density at radius 1 is 1.19 bits per heavy atom. The van der Waals surface area contributed by atoms with Crippen LogP contribution in [0.2, 0.25) is 0 Å². The van der Waals surface area contributed by atoms with E-state index in [1.165, 1.54) is 4.90 Å². The van der Waals surface area contributed by atoms with Crippen LogP contribution in [-0.2, 0) is 9.59 Å². The van der Waals surface area contributed by atoms with Crippen LogP contribution in [0.25, 0.3) is 0 Å². The van der Waals surface area contributed by atoms with E-state index in [-0.39, 0.29) is 24.9 Å². The molecule has 0 saturated carbocycles. The number of urea groups is 1. The molecule has 7 heteroatoms. The lowest BCUT2D eigenvalue weighted by Gasteiger charge is -2.21. The van der Waals surface area contributed by atoms with E-state index in [0.29, 0.717) is 19.5 Å². The predicted octanol–water partition coefficient (Wildman–Crippen LogP) is 1.17. The number of nitrogens with zero attached hydrogens (tertiary/aromatic N) is 1. The number of hydrogen-bond acceptors (Lipinski definition) is 3. The number of nitrogens with two attached hydrogens (primary N) is 1. The number of aliphatic carboxylic acids is 1. The molecule has 21 heavy (non-hydrogen) atoms. The van der Waals surface area contributed by atoms with Gasteiger partial charge >= 0.3 is 12.0 Å². The molecular formula is C14H27N3O4. The molecule has 7 nitrogen and oxygen atoms in total. The van der Waals surface area contributed by atoms with Crippen LogP contribution in [0.15, 0.2) is 0 Å². The second kappa shape index (κ2) is 10.9. The first kappa shape index (κ1) is 19.2. The number of amides is 3. The highest BCUT2D eigenvalue weighted by Crippen LogP contribution is 2.17. The van der Waals surface area contributed by atoms with E-state index < -0.39 is 11.9 Å². The Balaban J connectivity index is 4.13. The Bertz CT molecular complexity index is 347. The van der Waals surface area contributed by atoms with E-state index in [4.69, 9.17) is 10.8 Å². The van der Waals surface area contributed by atoms with Crippen molar-refractivity contribution in [2.75, 3.05) is 19.6 Å². The molecule has 0 aromatic heterocycles. The third-order valence-electron chi connectivity index (χ3n) is 3.31. The summed E-state index contributed by atoms with van der Waals surface area (Å²) in [5.41, 5.74) is 5.07. The van der Waals surface area contributed by atoms with Crippen molar-refractivity contribution in [3.8, 4) is 0 Å². The largest absolute Gasteiger partial charge is 0.481 e. The fourth-order valence-corrected chi connectivity index (χ4v) is 2.18. The van der Waals surface area contributed by atoms with Crippen molar-refractivity contribution < 1.29 is 19.5 Å². The molecule has 0 saturated heterocycles. The standard InChI is InChI=1S/C14H27N3O4/c1-3-5-11(6-7-13(19)20)8-9-16-14(21)17(4-2)10-12(15)18/h11H,3-10H2,1-2H3,(H2,15,18)(H,16,21)(H,19,20). The zero-order valence-corrected chi connectivity index (χ0v) is 12.9. The normalized spacial score (nSPS) is 11.7. The van der Waals surface area contributed by atoms with E-state index in [0.717, 1.165) is 19.3 Å². The lowest BCUT2D eigenvalue weighted by atomic mass is 9.94. The summed E-state index contributed by atoms with van der Waals surface area (Å²) in [6.07, 6.45) is 3.45. The number of carboxylic acid groups (broad SMARTS) is 1. The first-order chi connectivity index (χ1) is 9.90. The molecule has 0 aliphatic heterocycles. The summed E-state index contributed by atoms with van der Waals surface area (Å²) in [6, 6.07) is -0.315. The third kappa shape index (κ3) is 9.70. The summed E-state index contributed by atoms with van der Waals surface area (Å²) in [4.78, 5) is 34.6. The SMILES string of the molecule is CCCC(CCNC(=O)N(CC)CC(N)=O)CCC(=O)O. The molecule has 0 heterocycles. The minimum atomic E-state index is -0.793. The molecule has 1 atom stereocenters. The quantitative estimate of drug-likeness (QED) is 0.531. The highest BCUT2D eigenvalue weighted by molar-refractivity contribution is 5.82. The molecule has 0 aromatic rings. The maximum atomic E-state index is 11.8. The molecule has 0 aliphatic rings. The van der Waals surface area contributed by atoms with Gasteiger partial charge in [-0.2, -0.15) is 0 Å². The van der Waals surface area contributed by atoms with Gasteiger partial charge in [-0.3, -0.25) is 9.59 Å². The number of carboxylic acids is 1. The highest BCUT2D eigenvalue weighted by atomic mass is 16.4. The van der Waals surface area contributed by atoms with Gasteiger partial charge in [0.2, 0.25) is 5.91 Å². The van der Waals surface area contributed by atoms with E-state index in [1.807, 2.05) is 0 Å². The van der Waals surface area contributed by atoms with Crippen molar-refractivity contribution in [1.29, 1.82) is 0 Å². The Labute approximate surface area is 125 Å². The van der Waals surface area contributed by atoms with Crippen molar-refractivity contribution in [3.05, 3.63) is 0 Å². The highest BCUT2D eigenvalue weighted by Gasteiger charge is 2.15. The lowest BCUT2D eigenvalue weighted by Crippen LogP contribution is -2.44. The van der Waals surface area contributed by atoms with Crippen LogP contribution in [0.4, 0.5) is 4.79 Å². The van der Waals surface area contributed by atoms with E-state index in [2.05, 4.69) is 12.2 Å². The molecule has 4 N–H and O–H groups in total. The first-order valence-electron chi connectivity index (χ1n) is 7.43. The molecule has 0 rings (SSSR count). The van der Waals surface area contributed by atoms with Crippen LogP contribution < -0.4 is 11.1 Å². The number of hydrogen-bond donors (Lipinski definition) is 3. The molecule has 0 fully saturated rings. The number of carbonyl (C=O) groups is 3. The van der Waals surface area contributed by atoms with Gasteiger partial charge in [-0.25, -0.2) is 4.79 Å².